The number of nitrogens with one attached hydrogen (secondary N) is 1. The summed E-state index contributed by atoms with van der Waals surface area (Å²) in [5, 5.41) is 3.05. The van der Waals surface area contributed by atoms with Gasteiger partial charge in [-0.3, -0.25) is 14.5 Å². The van der Waals surface area contributed by atoms with E-state index < -0.39 is 0 Å². The standard InChI is InChI=1S/C24H32N6O2/c1-2-19-7-3-4-8-21(19)30-18-20(17-22(30)31)23(32)25-11-6-12-28-13-15-29(16-14-28)24-26-9-5-10-27-24/h3-5,7-10,20H,2,6,11-18H2,1H3,(H,25,32)/t20-/m0/s1. The Hall–Kier alpha value is -3.00. The lowest BCUT2D eigenvalue weighted by molar-refractivity contribution is -0.126. The van der Waals surface area contributed by atoms with Gasteiger partial charge in [-0.1, -0.05) is 25.1 Å². The summed E-state index contributed by atoms with van der Waals surface area (Å²) in [6.45, 7) is 7.89. The Labute approximate surface area is 189 Å². The van der Waals surface area contributed by atoms with E-state index in [4.69, 9.17) is 0 Å². The summed E-state index contributed by atoms with van der Waals surface area (Å²) in [7, 11) is 0. The summed E-state index contributed by atoms with van der Waals surface area (Å²) < 4.78 is 0. The predicted octanol–water partition coefficient (Wildman–Crippen LogP) is 1.72. The maximum atomic E-state index is 12.6. The molecule has 3 heterocycles. The van der Waals surface area contributed by atoms with Gasteiger partial charge in [0.1, 0.15) is 0 Å². The van der Waals surface area contributed by atoms with E-state index in [2.05, 4.69) is 32.0 Å². The van der Waals surface area contributed by atoms with Gasteiger partial charge in [-0.15, -0.1) is 0 Å². The smallest absolute Gasteiger partial charge is 0.227 e. The van der Waals surface area contributed by atoms with Crippen LogP contribution in [0.15, 0.2) is 42.7 Å². The fourth-order valence-electron chi connectivity index (χ4n) is 4.47. The number of para-hydroxylation sites is 1. The van der Waals surface area contributed by atoms with Crippen LogP contribution in [0.3, 0.4) is 0 Å². The highest BCUT2D eigenvalue weighted by Gasteiger charge is 2.35. The van der Waals surface area contributed by atoms with E-state index in [9.17, 15) is 9.59 Å². The third-order valence-corrected chi connectivity index (χ3v) is 6.32. The second-order valence-electron chi connectivity index (χ2n) is 8.41. The van der Waals surface area contributed by atoms with Crippen molar-refractivity contribution < 1.29 is 9.59 Å². The zero-order chi connectivity index (χ0) is 22.3. The van der Waals surface area contributed by atoms with Crippen molar-refractivity contribution in [2.24, 2.45) is 5.92 Å². The van der Waals surface area contributed by atoms with Crippen LogP contribution in [0.25, 0.3) is 0 Å². The molecule has 0 saturated carbocycles. The molecule has 8 nitrogen and oxygen atoms in total. The summed E-state index contributed by atoms with van der Waals surface area (Å²) in [5.41, 5.74) is 2.08. The van der Waals surface area contributed by atoms with Crippen LogP contribution in [0, 0.1) is 5.92 Å². The van der Waals surface area contributed by atoms with Crippen molar-refractivity contribution in [2.45, 2.75) is 26.2 Å². The number of rotatable bonds is 8. The highest BCUT2D eigenvalue weighted by molar-refractivity contribution is 6.00. The third-order valence-electron chi connectivity index (χ3n) is 6.32. The lowest BCUT2D eigenvalue weighted by atomic mass is 10.1. The van der Waals surface area contributed by atoms with Crippen LogP contribution >= 0.6 is 0 Å². The first kappa shape index (κ1) is 22.2. The molecule has 0 bridgehead atoms. The maximum absolute atomic E-state index is 12.6. The zero-order valence-corrected chi connectivity index (χ0v) is 18.7. The Balaban J connectivity index is 1.17. The molecule has 2 amide bonds. The second-order valence-corrected chi connectivity index (χ2v) is 8.41. The number of anilines is 2. The highest BCUT2D eigenvalue weighted by atomic mass is 16.2. The Kier molecular flexibility index (Phi) is 7.32. The van der Waals surface area contributed by atoms with E-state index in [1.807, 2.05) is 30.3 Å². The summed E-state index contributed by atoms with van der Waals surface area (Å²) in [4.78, 5) is 40.2. The molecular formula is C24H32N6O2. The topological polar surface area (TPSA) is 81.7 Å². The summed E-state index contributed by atoms with van der Waals surface area (Å²) in [6, 6.07) is 9.78. The lowest BCUT2D eigenvalue weighted by Crippen LogP contribution is -2.47. The van der Waals surface area contributed by atoms with E-state index in [0.717, 1.165) is 62.8 Å². The minimum absolute atomic E-state index is 0.0131. The van der Waals surface area contributed by atoms with Crippen molar-refractivity contribution in [1.29, 1.82) is 0 Å². The Morgan fingerprint density at radius 3 is 2.59 bits per heavy atom. The molecule has 0 aliphatic carbocycles. The highest BCUT2D eigenvalue weighted by Crippen LogP contribution is 2.28. The van der Waals surface area contributed by atoms with Crippen LogP contribution < -0.4 is 15.1 Å². The van der Waals surface area contributed by atoms with E-state index >= 15 is 0 Å². The Bertz CT molecular complexity index is 914. The lowest BCUT2D eigenvalue weighted by Gasteiger charge is -2.34. The summed E-state index contributed by atoms with van der Waals surface area (Å²) in [5.74, 6) is 0.537. The fourth-order valence-corrected chi connectivity index (χ4v) is 4.47. The van der Waals surface area contributed by atoms with Crippen molar-refractivity contribution in [3.8, 4) is 0 Å². The first-order valence-electron chi connectivity index (χ1n) is 11.6. The van der Waals surface area contributed by atoms with Gasteiger partial charge in [0.15, 0.2) is 0 Å². The molecule has 1 aromatic carbocycles. The molecule has 1 atom stereocenters. The number of hydrogen-bond acceptors (Lipinski definition) is 6. The molecule has 1 aromatic heterocycles. The van der Waals surface area contributed by atoms with Gasteiger partial charge in [-0.05, 0) is 37.1 Å². The number of piperazine rings is 1. The SMILES string of the molecule is CCc1ccccc1N1C[C@@H](C(=O)NCCCN2CCN(c3ncccn3)CC2)CC1=O. The molecule has 2 aromatic rings. The van der Waals surface area contributed by atoms with E-state index in [1.165, 1.54) is 0 Å². The van der Waals surface area contributed by atoms with Crippen LogP contribution in [0.5, 0.6) is 0 Å². The van der Waals surface area contributed by atoms with Crippen LogP contribution in [0.2, 0.25) is 0 Å². The Morgan fingerprint density at radius 1 is 1.09 bits per heavy atom. The first-order valence-corrected chi connectivity index (χ1v) is 11.6. The number of hydrogen-bond donors (Lipinski definition) is 1. The monoisotopic (exact) mass is 436 g/mol. The molecule has 0 spiro atoms. The van der Waals surface area contributed by atoms with E-state index in [0.29, 0.717) is 13.1 Å². The van der Waals surface area contributed by atoms with Crippen molar-refractivity contribution in [3.05, 3.63) is 48.3 Å². The molecule has 0 radical (unpaired) electrons. The van der Waals surface area contributed by atoms with Crippen LogP contribution in [0.1, 0.15) is 25.3 Å². The van der Waals surface area contributed by atoms with Crippen molar-refractivity contribution in [2.75, 3.05) is 55.6 Å². The van der Waals surface area contributed by atoms with Crippen LogP contribution in [-0.4, -0.2) is 72.5 Å². The molecular weight excluding hydrogens is 404 g/mol. The number of aryl methyl sites for hydroxylation is 1. The zero-order valence-electron chi connectivity index (χ0n) is 18.7. The number of carbonyl (C=O) groups is 2. The number of nitrogens with zero attached hydrogens (tertiary/aromatic N) is 5. The molecule has 170 valence electrons. The van der Waals surface area contributed by atoms with Gasteiger partial charge in [0.2, 0.25) is 17.8 Å². The number of benzene rings is 1. The predicted molar refractivity (Wildman–Crippen MR) is 125 cm³/mol. The normalized spacial score (nSPS) is 19.4. The Morgan fingerprint density at radius 2 is 1.84 bits per heavy atom. The van der Waals surface area contributed by atoms with Gasteiger partial charge >= 0.3 is 0 Å². The maximum Gasteiger partial charge on any atom is 0.227 e. The molecule has 2 aliphatic heterocycles. The van der Waals surface area contributed by atoms with Crippen molar-refractivity contribution in [1.82, 2.24) is 20.2 Å². The molecule has 2 fully saturated rings. The van der Waals surface area contributed by atoms with Crippen molar-refractivity contribution in [3.63, 3.8) is 0 Å². The van der Waals surface area contributed by atoms with Crippen molar-refractivity contribution >= 4 is 23.5 Å². The molecule has 32 heavy (non-hydrogen) atoms. The van der Waals surface area contributed by atoms with E-state index in [1.54, 1.807) is 17.3 Å². The number of amides is 2. The molecule has 0 unspecified atom stereocenters. The van der Waals surface area contributed by atoms with Gasteiger partial charge in [0, 0.05) is 63.8 Å². The third kappa shape index (κ3) is 5.24. The van der Waals surface area contributed by atoms with Crippen LogP contribution in [0.4, 0.5) is 11.6 Å². The van der Waals surface area contributed by atoms with Gasteiger partial charge in [0.05, 0.1) is 5.92 Å². The van der Waals surface area contributed by atoms with Gasteiger partial charge in [-0.25, -0.2) is 9.97 Å². The second kappa shape index (κ2) is 10.5. The fraction of sp³-hybridized carbons (Fsp3) is 0.500. The first-order chi connectivity index (χ1) is 15.7. The largest absolute Gasteiger partial charge is 0.356 e. The molecule has 1 N–H and O–H groups in total. The van der Waals surface area contributed by atoms with E-state index in [-0.39, 0.29) is 24.2 Å². The van der Waals surface area contributed by atoms with Crippen LogP contribution in [-0.2, 0) is 16.0 Å². The molecule has 8 heteroatoms. The molecule has 2 aliphatic rings. The quantitative estimate of drug-likeness (QED) is 0.635. The summed E-state index contributed by atoms with van der Waals surface area (Å²) >= 11 is 0. The molecule has 4 rings (SSSR count). The average molecular weight is 437 g/mol. The van der Waals surface area contributed by atoms with Gasteiger partial charge < -0.3 is 15.1 Å². The molecule has 2 saturated heterocycles. The number of carbonyl (C=O) groups excluding carboxylic acids is 2. The van der Waals surface area contributed by atoms with Gasteiger partial charge in [0.25, 0.3) is 0 Å². The summed E-state index contributed by atoms with van der Waals surface area (Å²) in [6.07, 6.45) is 5.60. The average Bonchev–Trinajstić information content (AvgIpc) is 3.24. The minimum atomic E-state index is -0.276. The number of aromatic nitrogens is 2. The minimum Gasteiger partial charge on any atom is -0.356 e. The van der Waals surface area contributed by atoms with Gasteiger partial charge in [-0.2, -0.15) is 0 Å².